The second-order valence-corrected chi connectivity index (χ2v) is 6.27. The number of hydrogen-bond acceptors (Lipinski definition) is 0. The molecule has 0 unspecified atom stereocenters. The summed E-state index contributed by atoms with van der Waals surface area (Å²) in [6.07, 6.45) is 0. The molecular formula is C6H18OSi. The molecule has 0 aliphatic rings. The topological polar surface area (TPSA) is 31.5 Å². The van der Waals surface area contributed by atoms with Gasteiger partial charge < -0.3 is 5.48 Å². The molecule has 0 aliphatic heterocycles. The van der Waals surface area contributed by atoms with Gasteiger partial charge in [0.05, 0.1) is 0 Å². The zero-order valence-electron chi connectivity index (χ0n) is 6.20. The second-order valence-electron chi connectivity index (χ2n) is 2.09. The van der Waals surface area contributed by atoms with Crippen molar-refractivity contribution in [3.05, 3.63) is 0 Å². The van der Waals surface area contributed by atoms with Crippen LogP contribution in [0.15, 0.2) is 0 Å². The molecule has 0 spiro atoms. The highest BCUT2D eigenvalue weighted by molar-refractivity contribution is 6.58. The molecule has 0 atom stereocenters. The first-order valence-electron chi connectivity index (χ1n) is 3.35. The van der Waals surface area contributed by atoms with E-state index in [4.69, 9.17) is 0 Å². The Kier molecular flexibility index (Phi) is 9.90. The summed E-state index contributed by atoms with van der Waals surface area (Å²) in [5, 5.41) is 0. The van der Waals surface area contributed by atoms with E-state index in [0.717, 1.165) is 0 Å². The van der Waals surface area contributed by atoms with Crippen molar-refractivity contribution in [3.63, 3.8) is 0 Å². The molecule has 52 valence electrons. The van der Waals surface area contributed by atoms with Crippen LogP contribution >= 0.6 is 0 Å². The fraction of sp³-hybridized carbons (Fsp3) is 1.00. The molecule has 0 rings (SSSR count). The maximum atomic E-state index is 2.32. The Hall–Kier alpha value is 0.177. The van der Waals surface area contributed by atoms with Gasteiger partial charge in [-0.2, -0.15) is 0 Å². The van der Waals surface area contributed by atoms with E-state index in [2.05, 4.69) is 20.8 Å². The summed E-state index contributed by atoms with van der Waals surface area (Å²) in [6, 6.07) is 4.48. The molecule has 0 amide bonds. The molecule has 0 heterocycles. The predicted octanol–water partition coefficient (Wildman–Crippen LogP) is 1.45. The van der Waals surface area contributed by atoms with Crippen molar-refractivity contribution in [1.29, 1.82) is 0 Å². The molecule has 8 heavy (non-hydrogen) atoms. The van der Waals surface area contributed by atoms with Gasteiger partial charge in [0.15, 0.2) is 0 Å². The Morgan fingerprint density at radius 2 is 1.12 bits per heavy atom. The van der Waals surface area contributed by atoms with Crippen LogP contribution in [0, 0.1) is 0 Å². The summed E-state index contributed by atoms with van der Waals surface area (Å²) >= 11 is 0. The van der Waals surface area contributed by atoms with Gasteiger partial charge in [0.2, 0.25) is 0 Å². The summed E-state index contributed by atoms with van der Waals surface area (Å²) in [6.45, 7) is 6.97. The summed E-state index contributed by atoms with van der Waals surface area (Å²) < 4.78 is 0. The Morgan fingerprint density at radius 1 is 0.875 bits per heavy atom. The van der Waals surface area contributed by atoms with Crippen LogP contribution in [0.3, 0.4) is 0 Å². The fourth-order valence-corrected chi connectivity index (χ4v) is 2.60. The van der Waals surface area contributed by atoms with Gasteiger partial charge in [-0.3, -0.25) is 0 Å². The highest BCUT2D eigenvalue weighted by Crippen LogP contribution is 2.01. The molecule has 1 nitrogen and oxygen atoms in total. The lowest BCUT2D eigenvalue weighted by molar-refractivity contribution is 0.824. The van der Waals surface area contributed by atoms with E-state index in [9.17, 15) is 0 Å². The minimum Gasteiger partial charge on any atom is -0.412 e. The lowest BCUT2D eigenvalue weighted by Crippen LogP contribution is -2.04. The van der Waals surface area contributed by atoms with Gasteiger partial charge in [-0.15, -0.1) is 0 Å². The monoisotopic (exact) mass is 134 g/mol. The van der Waals surface area contributed by atoms with Crippen LogP contribution in [0.4, 0.5) is 0 Å². The lowest BCUT2D eigenvalue weighted by atomic mass is 10.9. The molecule has 0 aliphatic carbocycles. The first-order valence-corrected chi connectivity index (χ1v) is 5.80. The maximum Gasteiger partial charge on any atom is 0.0359 e. The zero-order valence-corrected chi connectivity index (χ0v) is 7.35. The quantitative estimate of drug-likeness (QED) is 0.523. The van der Waals surface area contributed by atoms with Crippen LogP contribution in [-0.2, 0) is 0 Å². The third kappa shape index (κ3) is 4.34. The summed E-state index contributed by atoms with van der Waals surface area (Å²) in [5.41, 5.74) is 0. The van der Waals surface area contributed by atoms with Gasteiger partial charge in [-0.05, 0) is 0 Å². The fourth-order valence-electron chi connectivity index (χ4n) is 0.866. The van der Waals surface area contributed by atoms with Crippen molar-refractivity contribution in [1.82, 2.24) is 0 Å². The predicted molar refractivity (Wildman–Crippen MR) is 42.2 cm³/mol. The molecule has 0 saturated heterocycles. The highest BCUT2D eigenvalue weighted by Gasteiger charge is 1.98. The van der Waals surface area contributed by atoms with Crippen LogP contribution in [-0.4, -0.2) is 14.3 Å². The van der Waals surface area contributed by atoms with Crippen LogP contribution in [0.2, 0.25) is 18.1 Å². The smallest absolute Gasteiger partial charge is 0.0359 e. The standard InChI is InChI=1S/C6H16Si.H2O/c1-4-7(5-2)6-3;/h7H,4-6H2,1-3H3;1H2. The van der Waals surface area contributed by atoms with Crippen LogP contribution < -0.4 is 0 Å². The lowest BCUT2D eigenvalue weighted by Gasteiger charge is -2.03. The molecule has 0 radical (unpaired) electrons. The molecule has 0 aromatic carbocycles. The SMILES string of the molecule is CC[SiH](CC)CC.O. The van der Waals surface area contributed by atoms with Crippen LogP contribution in [0.1, 0.15) is 20.8 Å². The summed E-state index contributed by atoms with van der Waals surface area (Å²) in [5.74, 6) is 0. The van der Waals surface area contributed by atoms with Crippen molar-refractivity contribution in [2.75, 3.05) is 0 Å². The number of rotatable bonds is 3. The van der Waals surface area contributed by atoms with Crippen molar-refractivity contribution in [2.45, 2.75) is 38.9 Å². The van der Waals surface area contributed by atoms with Gasteiger partial charge in [0, 0.05) is 8.80 Å². The van der Waals surface area contributed by atoms with Crippen molar-refractivity contribution in [2.24, 2.45) is 0 Å². The van der Waals surface area contributed by atoms with Crippen molar-refractivity contribution >= 4 is 8.80 Å². The van der Waals surface area contributed by atoms with E-state index in [1.807, 2.05) is 0 Å². The maximum absolute atomic E-state index is 2.32. The second kappa shape index (κ2) is 7.18. The molecule has 0 bridgehead atoms. The van der Waals surface area contributed by atoms with E-state index in [1.54, 1.807) is 0 Å². The Bertz CT molecular complexity index is 30.0. The van der Waals surface area contributed by atoms with Gasteiger partial charge in [-0.25, -0.2) is 0 Å². The molecule has 2 N–H and O–H groups in total. The van der Waals surface area contributed by atoms with Crippen molar-refractivity contribution in [3.8, 4) is 0 Å². The van der Waals surface area contributed by atoms with E-state index in [1.165, 1.54) is 18.1 Å². The Balaban J connectivity index is 0. The first-order chi connectivity index (χ1) is 3.35. The molecule has 2 heteroatoms. The third-order valence-electron chi connectivity index (χ3n) is 1.73. The minimum atomic E-state index is -0.171. The van der Waals surface area contributed by atoms with E-state index < -0.39 is 0 Å². The molecule has 0 fully saturated rings. The zero-order chi connectivity index (χ0) is 5.70. The number of hydrogen-bond donors (Lipinski definition) is 0. The van der Waals surface area contributed by atoms with Crippen LogP contribution in [0.25, 0.3) is 0 Å². The Labute approximate surface area is 54.0 Å². The van der Waals surface area contributed by atoms with E-state index >= 15 is 0 Å². The van der Waals surface area contributed by atoms with Crippen LogP contribution in [0.5, 0.6) is 0 Å². The average molecular weight is 134 g/mol. The molecule has 0 saturated carbocycles. The van der Waals surface area contributed by atoms with Crippen molar-refractivity contribution < 1.29 is 5.48 Å². The van der Waals surface area contributed by atoms with Gasteiger partial charge in [0.1, 0.15) is 0 Å². The molecular weight excluding hydrogens is 116 g/mol. The summed E-state index contributed by atoms with van der Waals surface area (Å²) in [7, 11) is -0.171. The summed E-state index contributed by atoms with van der Waals surface area (Å²) in [4.78, 5) is 0. The average Bonchev–Trinajstić information content (AvgIpc) is 1.72. The van der Waals surface area contributed by atoms with E-state index in [0.29, 0.717) is 0 Å². The van der Waals surface area contributed by atoms with Gasteiger partial charge >= 0.3 is 0 Å². The van der Waals surface area contributed by atoms with Gasteiger partial charge in [0.25, 0.3) is 0 Å². The highest BCUT2D eigenvalue weighted by atomic mass is 28.3. The normalized spacial score (nSPS) is 9.00. The Morgan fingerprint density at radius 3 is 1.12 bits per heavy atom. The molecule has 0 aromatic heterocycles. The molecule has 0 aromatic rings. The largest absolute Gasteiger partial charge is 0.412 e. The van der Waals surface area contributed by atoms with Gasteiger partial charge in [-0.1, -0.05) is 38.9 Å². The minimum absolute atomic E-state index is 0. The first kappa shape index (κ1) is 11.0. The third-order valence-corrected chi connectivity index (χ3v) is 5.20. The van der Waals surface area contributed by atoms with E-state index in [-0.39, 0.29) is 14.3 Å².